The van der Waals surface area contributed by atoms with Gasteiger partial charge in [-0.25, -0.2) is 0 Å². The molecule has 0 saturated carbocycles. The molecule has 2 rings (SSSR count). The van der Waals surface area contributed by atoms with Crippen LogP contribution in [0.1, 0.15) is 17.7 Å². The Morgan fingerprint density at radius 1 is 1.33 bits per heavy atom. The number of aromatic nitrogens is 1. The van der Waals surface area contributed by atoms with Gasteiger partial charge in [0.05, 0.1) is 6.20 Å². The quantitative estimate of drug-likeness (QED) is 0.730. The summed E-state index contributed by atoms with van der Waals surface area (Å²) in [7, 11) is 2.19. The molecule has 4 nitrogen and oxygen atoms in total. The second-order valence-electron chi connectivity index (χ2n) is 4.34. The van der Waals surface area contributed by atoms with E-state index in [2.05, 4.69) is 22.0 Å². The molecule has 0 radical (unpaired) electrons. The zero-order chi connectivity index (χ0) is 10.7. The van der Waals surface area contributed by atoms with Crippen molar-refractivity contribution in [2.75, 3.05) is 33.2 Å². The fourth-order valence-electron chi connectivity index (χ4n) is 1.97. The largest absolute Gasteiger partial charge is 0.361 e. The topological polar surface area (TPSA) is 32.5 Å². The summed E-state index contributed by atoms with van der Waals surface area (Å²) in [5, 5.41) is 3.81. The Hall–Kier alpha value is -0.870. The molecule has 84 valence electrons. The van der Waals surface area contributed by atoms with Gasteiger partial charge in [0.25, 0.3) is 0 Å². The average Bonchev–Trinajstić information content (AvgIpc) is 2.48. The van der Waals surface area contributed by atoms with Crippen LogP contribution in [-0.2, 0) is 6.54 Å². The summed E-state index contributed by atoms with van der Waals surface area (Å²) in [5.41, 5.74) is 1.22. The molecule has 0 bridgehead atoms. The van der Waals surface area contributed by atoms with Crippen LogP contribution in [0.15, 0.2) is 10.7 Å². The summed E-state index contributed by atoms with van der Waals surface area (Å²) in [6.45, 7) is 7.63. The maximum absolute atomic E-state index is 5.07. The van der Waals surface area contributed by atoms with Crippen LogP contribution in [0, 0.1) is 6.92 Å². The second kappa shape index (κ2) is 4.77. The third-order valence-electron chi connectivity index (χ3n) is 3.06. The van der Waals surface area contributed by atoms with Gasteiger partial charge in [-0.05, 0) is 33.5 Å². The molecule has 4 heteroatoms. The van der Waals surface area contributed by atoms with E-state index in [-0.39, 0.29) is 0 Å². The van der Waals surface area contributed by atoms with Crippen LogP contribution in [0.25, 0.3) is 0 Å². The SMILES string of the molecule is Cc1oncc1CN1CCCN(C)CC1. The highest BCUT2D eigenvalue weighted by Gasteiger charge is 2.14. The summed E-state index contributed by atoms with van der Waals surface area (Å²) in [6.07, 6.45) is 3.09. The Morgan fingerprint density at radius 3 is 2.93 bits per heavy atom. The van der Waals surface area contributed by atoms with Crippen LogP contribution in [0.3, 0.4) is 0 Å². The van der Waals surface area contributed by atoms with Crippen molar-refractivity contribution in [1.29, 1.82) is 0 Å². The van der Waals surface area contributed by atoms with Crippen molar-refractivity contribution < 1.29 is 4.52 Å². The maximum atomic E-state index is 5.07. The molecule has 0 aliphatic carbocycles. The number of nitrogens with zero attached hydrogens (tertiary/aromatic N) is 3. The van der Waals surface area contributed by atoms with Crippen LogP contribution >= 0.6 is 0 Å². The second-order valence-corrected chi connectivity index (χ2v) is 4.34. The number of hydrogen-bond donors (Lipinski definition) is 0. The first-order valence-electron chi connectivity index (χ1n) is 5.57. The van der Waals surface area contributed by atoms with E-state index in [0.717, 1.165) is 25.4 Å². The molecular weight excluding hydrogens is 190 g/mol. The molecule has 2 heterocycles. The Bertz CT molecular complexity index is 311. The first kappa shape index (κ1) is 10.6. The van der Waals surface area contributed by atoms with Crippen molar-refractivity contribution in [3.63, 3.8) is 0 Å². The molecule has 1 fully saturated rings. The molecule has 0 unspecified atom stereocenters. The molecule has 15 heavy (non-hydrogen) atoms. The standard InChI is InChI=1S/C11H19N3O/c1-10-11(8-12-15-10)9-14-5-3-4-13(2)6-7-14/h8H,3-7,9H2,1-2H3. The Balaban J connectivity index is 1.92. The number of rotatable bonds is 2. The first-order valence-corrected chi connectivity index (χ1v) is 5.57. The normalized spacial score (nSPS) is 20.4. The van der Waals surface area contributed by atoms with E-state index in [1.165, 1.54) is 25.1 Å². The Morgan fingerprint density at radius 2 is 2.20 bits per heavy atom. The van der Waals surface area contributed by atoms with Crippen LogP contribution in [0.4, 0.5) is 0 Å². The highest BCUT2D eigenvalue weighted by molar-refractivity contribution is 5.11. The summed E-state index contributed by atoms with van der Waals surface area (Å²) in [5.74, 6) is 0.951. The molecule has 1 aromatic heterocycles. The molecule has 0 spiro atoms. The van der Waals surface area contributed by atoms with E-state index in [9.17, 15) is 0 Å². The van der Waals surface area contributed by atoms with Gasteiger partial charge < -0.3 is 9.42 Å². The third-order valence-corrected chi connectivity index (χ3v) is 3.06. The lowest BCUT2D eigenvalue weighted by Crippen LogP contribution is -2.28. The molecule has 0 amide bonds. The van der Waals surface area contributed by atoms with Crippen LogP contribution in [-0.4, -0.2) is 48.2 Å². The molecular formula is C11H19N3O. The van der Waals surface area contributed by atoms with Gasteiger partial charge in [0.2, 0.25) is 0 Å². The summed E-state index contributed by atoms with van der Waals surface area (Å²) >= 11 is 0. The van der Waals surface area contributed by atoms with Crippen molar-refractivity contribution in [2.45, 2.75) is 19.9 Å². The zero-order valence-corrected chi connectivity index (χ0v) is 9.57. The van der Waals surface area contributed by atoms with Gasteiger partial charge >= 0.3 is 0 Å². The zero-order valence-electron chi connectivity index (χ0n) is 9.57. The third kappa shape index (κ3) is 2.79. The predicted molar refractivity (Wildman–Crippen MR) is 58.6 cm³/mol. The van der Waals surface area contributed by atoms with Crippen LogP contribution < -0.4 is 0 Å². The number of aryl methyl sites for hydroxylation is 1. The fraction of sp³-hybridized carbons (Fsp3) is 0.727. The van der Waals surface area contributed by atoms with E-state index < -0.39 is 0 Å². The van der Waals surface area contributed by atoms with Crippen molar-refractivity contribution in [2.24, 2.45) is 0 Å². The maximum Gasteiger partial charge on any atom is 0.138 e. The van der Waals surface area contributed by atoms with E-state index in [1.54, 1.807) is 0 Å². The number of hydrogen-bond acceptors (Lipinski definition) is 4. The van der Waals surface area contributed by atoms with E-state index >= 15 is 0 Å². The summed E-state index contributed by atoms with van der Waals surface area (Å²) in [4.78, 5) is 4.86. The summed E-state index contributed by atoms with van der Waals surface area (Å²) < 4.78 is 5.07. The molecule has 0 atom stereocenters. The molecule has 1 aliphatic rings. The first-order chi connectivity index (χ1) is 7.25. The van der Waals surface area contributed by atoms with Gasteiger partial charge in [-0.1, -0.05) is 5.16 Å². The van der Waals surface area contributed by atoms with Gasteiger partial charge in [0, 0.05) is 25.2 Å². The van der Waals surface area contributed by atoms with Crippen LogP contribution in [0.5, 0.6) is 0 Å². The predicted octanol–water partition coefficient (Wildman–Crippen LogP) is 1.12. The Labute approximate surface area is 90.8 Å². The molecule has 1 aromatic rings. The van der Waals surface area contributed by atoms with Crippen molar-refractivity contribution in [3.8, 4) is 0 Å². The minimum atomic E-state index is 0.951. The van der Waals surface area contributed by atoms with Crippen molar-refractivity contribution >= 4 is 0 Å². The lowest BCUT2D eigenvalue weighted by Gasteiger charge is -2.19. The highest BCUT2D eigenvalue weighted by Crippen LogP contribution is 2.11. The van der Waals surface area contributed by atoms with Gasteiger partial charge in [-0.3, -0.25) is 4.90 Å². The monoisotopic (exact) mass is 209 g/mol. The average molecular weight is 209 g/mol. The van der Waals surface area contributed by atoms with E-state index in [4.69, 9.17) is 4.52 Å². The smallest absolute Gasteiger partial charge is 0.138 e. The molecule has 1 saturated heterocycles. The van der Waals surface area contributed by atoms with E-state index in [1.807, 2.05) is 13.1 Å². The molecule has 1 aliphatic heterocycles. The van der Waals surface area contributed by atoms with Gasteiger partial charge in [-0.2, -0.15) is 0 Å². The van der Waals surface area contributed by atoms with Crippen molar-refractivity contribution in [1.82, 2.24) is 15.0 Å². The fourth-order valence-corrected chi connectivity index (χ4v) is 1.97. The lowest BCUT2D eigenvalue weighted by atomic mass is 10.2. The lowest BCUT2D eigenvalue weighted by molar-refractivity contribution is 0.267. The van der Waals surface area contributed by atoms with Gasteiger partial charge in [0.15, 0.2) is 0 Å². The highest BCUT2D eigenvalue weighted by atomic mass is 16.5. The van der Waals surface area contributed by atoms with Gasteiger partial charge in [-0.15, -0.1) is 0 Å². The van der Waals surface area contributed by atoms with Gasteiger partial charge in [0.1, 0.15) is 5.76 Å². The van der Waals surface area contributed by atoms with E-state index in [0.29, 0.717) is 0 Å². The molecule has 0 N–H and O–H groups in total. The minimum absolute atomic E-state index is 0.951. The number of likely N-dealkylation sites (N-methyl/N-ethyl adjacent to an activating group) is 1. The summed E-state index contributed by atoms with van der Waals surface area (Å²) in [6, 6.07) is 0. The van der Waals surface area contributed by atoms with Crippen LogP contribution in [0.2, 0.25) is 0 Å². The Kier molecular flexibility index (Phi) is 3.38. The van der Waals surface area contributed by atoms with Crippen molar-refractivity contribution in [3.05, 3.63) is 17.5 Å². The minimum Gasteiger partial charge on any atom is -0.361 e. The molecule has 0 aromatic carbocycles.